The van der Waals surface area contributed by atoms with E-state index < -0.39 is 5.91 Å². The Balaban J connectivity index is 1.66. The fourth-order valence-corrected chi connectivity index (χ4v) is 2.26. The second-order valence-corrected chi connectivity index (χ2v) is 5.13. The molecule has 2 aromatic rings. The summed E-state index contributed by atoms with van der Waals surface area (Å²) in [5.74, 6) is 1.14. The van der Waals surface area contributed by atoms with Gasteiger partial charge in [-0.05, 0) is 29.8 Å². The van der Waals surface area contributed by atoms with E-state index in [1.165, 1.54) is 0 Å². The van der Waals surface area contributed by atoms with Crippen molar-refractivity contribution < 1.29 is 14.3 Å². The third kappa shape index (κ3) is 3.31. The molecular weight excluding hydrogens is 280 g/mol. The first-order valence-corrected chi connectivity index (χ1v) is 7.24. The molecule has 0 saturated carbocycles. The first-order chi connectivity index (χ1) is 10.7. The number of anilines is 1. The number of hydrogen-bond acceptors (Lipinski definition) is 4. The van der Waals surface area contributed by atoms with Gasteiger partial charge in [-0.2, -0.15) is 0 Å². The number of primary amides is 1. The van der Waals surface area contributed by atoms with Gasteiger partial charge in [-0.15, -0.1) is 0 Å². The summed E-state index contributed by atoms with van der Waals surface area (Å²) in [5.41, 5.74) is 7.77. The zero-order chi connectivity index (χ0) is 15.4. The van der Waals surface area contributed by atoms with E-state index in [1.54, 1.807) is 12.1 Å². The van der Waals surface area contributed by atoms with Gasteiger partial charge >= 0.3 is 0 Å². The third-order valence-corrected chi connectivity index (χ3v) is 3.48. The Bertz CT molecular complexity index is 668. The number of nitrogens with one attached hydrogen (secondary N) is 1. The molecule has 0 bridgehead atoms. The maximum atomic E-state index is 11.0. The normalized spacial score (nSPS) is 13.3. The molecule has 5 heteroatoms. The minimum atomic E-state index is -0.414. The van der Waals surface area contributed by atoms with Gasteiger partial charge in [0.25, 0.3) is 0 Å². The average molecular weight is 298 g/mol. The molecule has 0 unspecified atom stereocenters. The Morgan fingerprint density at radius 2 is 1.77 bits per heavy atom. The van der Waals surface area contributed by atoms with Crippen LogP contribution in [0.1, 0.15) is 22.3 Å². The van der Waals surface area contributed by atoms with E-state index in [4.69, 9.17) is 15.2 Å². The Morgan fingerprint density at radius 3 is 2.50 bits per heavy atom. The highest BCUT2D eigenvalue weighted by Gasteiger charge is 2.10. The van der Waals surface area contributed by atoms with Crippen LogP contribution in [0.3, 0.4) is 0 Å². The number of nitrogens with two attached hydrogens (primary N) is 1. The summed E-state index contributed by atoms with van der Waals surface area (Å²) in [6, 6.07) is 13.1. The van der Waals surface area contributed by atoms with Gasteiger partial charge in [-0.1, -0.05) is 12.1 Å². The van der Waals surface area contributed by atoms with E-state index in [1.807, 2.05) is 30.3 Å². The highest BCUT2D eigenvalue weighted by atomic mass is 16.5. The lowest BCUT2D eigenvalue weighted by Gasteiger charge is -2.11. The van der Waals surface area contributed by atoms with Crippen molar-refractivity contribution in [1.29, 1.82) is 0 Å². The molecule has 114 valence electrons. The van der Waals surface area contributed by atoms with E-state index >= 15 is 0 Å². The zero-order valence-corrected chi connectivity index (χ0v) is 12.2. The van der Waals surface area contributed by atoms with Crippen molar-refractivity contribution in [1.82, 2.24) is 0 Å². The molecule has 22 heavy (non-hydrogen) atoms. The molecule has 3 rings (SSSR count). The number of hydrogen-bond donors (Lipinski definition) is 2. The number of benzene rings is 2. The lowest BCUT2D eigenvalue weighted by molar-refractivity contribution is 0.100. The van der Waals surface area contributed by atoms with Crippen molar-refractivity contribution in [2.45, 2.75) is 13.0 Å². The fraction of sp³-hybridized carbons (Fsp3) is 0.235. The standard InChI is InChI=1S/C17H18N2O3/c18-17(20)13-4-2-12(3-5-13)11-19-14-6-7-15-16(10-14)22-9-1-8-21-15/h2-7,10,19H,1,8-9,11H2,(H2,18,20). The summed E-state index contributed by atoms with van der Waals surface area (Å²) < 4.78 is 11.3. The number of amides is 1. The maximum Gasteiger partial charge on any atom is 0.248 e. The molecule has 1 aliphatic heterocycles. The first kappa shape index (κ1) is 14.3. The Kier molecular flexibility index (Phi) is 4.14. The quantitative estimate of drug-likeness (QED) is 0.910. The summed E-state index contributed by atoms with van der Waals surface area (Å²) in [5, 5.41) is 3.33. The van der Waals surface area contributed by atoms with Crippen LogP contribution >= 0.6 is 0 Å². The van der Waals surface area contributed by atoms with Gasteiger partial charge in [0.15, 0.2) is 11.5 Å². The maximum absolute atomic E-state index is 11.0. The SMILES string of the molecule is NC(=O)c1ccc(CNc2ccc3c(c2)OCCCO3)cc1. The largest absolute Gasteiger partial charge is 0.490 e. The molecule has 5 nitrogen and oxygen atoms in total. The van der Waals surface area contributed by atoms with Gasteiger partial charge in [0.05, 0.1) is 13.2 Å². The number of carbonyl (C=O) groups excluding carboxylic acids is 1. The van der Waals surface area contributed by atoms with Crippen molar-refractivity contribution in [3.63, 3.8) is 0 Å². The Morgan fingerprint density at radius 1 is 1.05 bits per heavy atom. The predicted molar refractivity (Wildman–Crippen MR) is 84.3 cm³/mol. The van der Waals surface area contributed by atoms with E-state index in [9.17, 15) is 4.79 Å². The number of ether oxygens (including phenoxy) is 2. The molecule has 0 spiro atoms. The third-order valence-electron chi connectivity index (χ3n) is 3.48. The van der Waals surface area contributed by atoms with Crippen molar-refractivity contribution in [2.75, 3.05) is 18.5 Å². The lowest BCUT2D eigenvalue weighted by Crippen LogP contribution is -2.10. The van der Waals surface area contributed by atoms with Crippen molar-refractivity contribution in [2.24, 2.45) is 5.73 Å². The van der Waals surface area contributed by atoms with Crippen LogP contribution < -0.4 is 20.5 Å². The first-order valence-electron chi connectivity index (χ1n) is 7.24. The van der Waals surface area contributed by atoms with Gasteiger partial charge in [-0.25, -0.2) is 0 Å². The van der Waals surface area contributed by atoms with E-state index in [0.717, 1.165) is 29.2 Å². The Hall–Kier alpha value is -2.69. The summed E-state index contributed by atoms with van der Waals surface area (Å²) in [6.07, 6.45) is 0.893. The van der Waals surface area contributed by atoms with Gasteiger partial charge in [0.2, 0.25) is 5.91 Å². The van der Waals surface area contributed by atoms with Crippen LogP contribution in [0.2, 0.25) is 0 Å². The summed E-state index contributed by atoms with van der Waals surface area (Å²) in [6.45, 7) is 2.01. The predicted octanol–water partition coefficient (Wildman–Crippen LogP) is 2.56. The highest BCUT2D eigenvalue weighted by Crippen LogP contribution is 2.32. The monoisotopic (exact) mass is 298 g/mol. The molecule has 0 aliphatic carbocycles. The van der Waals surface area contributed by atoms with Crippen molar-refractivity contribution in [3.05, 3.63) is 53.6 Å². The minimum absolute atomic E-state index is 0.414. The fourth-order valence-electron chi connectivity index (χ4n) is 2.26. The molecule has 1 aliphatic rings. The summed E-state index contributed by atoms with van der Waals surface area (Å²) >= 11 is 0. The number of fused-ring (bicyclic) bond motifs is 1. The van der Waals surface area contributed by atoms with Gasteiger partial charge in [0, 0.05) is 30.3 Å². The van der Waals surface area contributed by atoms with Gasteiger partial charge in [-0.3, -0.25) is 4.79 Å². The highest BCUT2D eigenvalue weighted by molar-refractivity contribution is 5.92. The van der Waals surface area contributed by atoms with E-state index in [-0.39, 0.29) is 0 Å². The Labute approximate surface area is 129 Å². The molecule has 0 radical (unpaired) electrons. The van der Waals surface area contributed by atoms with E-state index in [2.05, 4.69) is 5.32 Å². The molecule has 0 aromatic heterocycles. The second-order valence-electron chi connectivity index (χ2n) is 5.13. The van der Waals surface area contributed by atoms with Gasteiger partial charge < -0.3 is 20.5 Å². The van der Waals surface area contributed by atoms with Crippen molar-refractivity contribution >= 4 is 11.6 Å². The second kappa shape index (κ2) is 6.39. The van der Waals surface area contributed by atoms with Crippen LogP contribution in [-0.2, 0) is 6.54 Å². The zero-order valence-electron chi connectivity index (χ0n) is 12.2. The number of rotatable bonds is 4. The summed E-state index contributed by atoms with van der Waals surface area (Å²) in [4.78, 5) is 11.0. The molecule has 1 heterocycles. The van der Waals surface area contributed by atoms with Crippen LogP contribution in [0.4, 0.5) is 5.69 Å². The molecule has 0 saturated heterocycles. The smallest absolute Gasteiger partial charge is 0.248 e. The molecular formula is C17H18N2O3. The minimum Gasteiger partial charge on any atom is -0.490 e. The summed E-state index contributed by atoms with van der Waals surface area (Å²) in [7, 11) is 0. The molecule has 0 fully saturated rings. The van der Waals surface area contributed by atoms with Gasteiger partial charge in [0.1, 0.15) is 0 Å². The average Bonchev–Trinajstić information content (AvgIpc) is 2.78. The van der Waals surface area contributed by atoms with Crippen LogP contribution in [0.25, 0.3) is 0 Å². The van der Waals surface area contributed by atoms with Crippen LogP contribution in [-0.4, -0.2) is 19.1 Å². The van der Waals surface area contributed by atoms with Crippen LogP contribution in [0.15, 0.2) is 42.5 Å². The molecule has 0 atom stereocenters. The lowest BCUT2D eigenvalue weighted by atomic mass is 10.1. The van der Waals surface area contributed by atoms with Crippen molar-refractivity contribution in [3.8, 4) is 11.5 Å². The molecule has 3 N–H and O–H groups in total. The van der Waals surface area contributed by atoms with E-state index in [0.29, 0.717) is 25.3 Å². The number of carbonyl (C=O) groups is 1. The molecule has 1 amide bonds. The van der Waals surface area contributed by atoms with Crippen LogP contribution in [0.5, 0.6) is 11.5 Å². The van der Waals surface area contributed by atoms with Crippen LogP contribution in [0, 0.1) is 0 Å². The topological polar surface area (TPSA) is 73.6 Å². The molecule has 2 aromatic carbocycles.